The minimum absolute atomic E-state index is 0.364. The van der Waals surface area contributed by atoms with Gasteiger partial charge in [0.05, 0.1) is 18.8 Å². The van der Waals surface area contributed by atoms with Crippen LogP contribution in [0.5, 0.6) is 0 Å². The highest BCUT2D eigenvalue weighted by Crippen LogP contribution is 2.16. The highest BCUT2D eigenvalue weighted by atomic mass is 16.3. The quantitative estimate of drug-likeness (QED) is 0.0335. The van der Waals surface area contributed by atoms with Crippen LogP contribution >= 0.6 is 0 Å². The number of amides is 1. The molecule has 6 heteroatoms. The van der Waals surface area contributed by atoms with E-state index in [9.17, 15) is 25.2 Å². The van der Waals surface area contributed by atoms with E-state index in [1.54, 1.807) is 0 Å². The number of rotatable bonds is 37. The highest BCUT2D eigenvalue weighted by Gasteiger charge is 2.28. The van der Waals surface area contributed by atoms with E-state index in [1.165, 1.54) is 141 Å². The molecule has 0 aliphatic heterocycles. The van der Waals surface area contributed by atoms with Crippen molar-refractivity contribution in [2.75, 3.05) is 6.61 Å². The molecule has 5 N–H and O–H groups in total. The average Bonchev–Trinajstić information content (AvgIpc) is 3.07. The van der Waals surface area contributed by atoms with Gasteiger partial charge in [0.15, 0.2) is 0 Å². The zero-order valence-electron chi connectivity index (χ0n) is 31.3. The van der Waals surface area contributed by atoms with Crippen LogP contribution in [-0.4, -0.2) is 57.3 Å². The van der Waals surface area contributed by atoms with E-state index in [2.05, 4.69) is 31.3 Å². The number of nitrogens with one attached hydrogen (secondary N) is 1. The molecule has 4 atom stereocenters. The van der Waals surface area contributed by atoms with Crippen LogP contribution in [0.2, 0.25) is 0 Å². The van der Waals surface area contributed by atoms with Crippen LogP contribution in [0, 0.1) is 0 Å². The third-order valence-corrected chi connectivity index (χ3v) is 9.73. The molecule has 0 heterocycles. The number of aliphatic hydroxyl groups is 4. The lowest BCUT2D eigenvalue weighted by Crippen LogP contribution is -2.53. The van der Waals surface area contributed by atoms with Gasteiger partial charge in [-0.2, -0.15) is 0 Å². The van der Waals surface area contributed by atoms with Crippen molar-refractivity contribution in [1.82, 2.24) is 5.32 Å². The van der Waals surface area contributed by atoms with Gasteiger partial charge in [-0.05, 0) is 38.5 Å². The van der Waals surface area contributed by atoms with Crippen LogP contribution in [0.4, 0.5) is 0 Å². The maximum atomic E-state index is 12.5. The Morgan fingerprint density at radius 1 is 0.511 bits per heavy atom. The number of unbranched alkanes of at least 4 members (excludes halogenated alkanes) is 26. The Labute approximate surface area is 292 Å². The lowest BCUT2D eigenvalue weighted by atomic mass is 9.99. The average molecular weight is 668 g/mol. The Balaban J connectivity index is 3.72. The second-order valence-corrected chi connectivity index (χ2v) is 14.3. The lowest BCUT2D eigenvalue weighted by molar-refractivity contribution is -0.132. The molecule has 1 amide bonds. The molecule has 0 saturated carbocycles. The topological polar surface area (TPSA) is 110 Å². The van der Waals surface area contributed by atoms with Crippen molar-refractivity contribution in [1.29, 1.82) is 0 Å². The van der Waals surface area contributed by atoms with Crippen molar-refractivity contribution in [3.8, 4) is 0 Å². The molecule has 47 heavy (non-hydrogen) atoms. The summed E-state index contributed by atoms with van der Waals surface area (Å²) in [4.78, 5) is 12.5. The summed E-state index contributed by atoms with van der Waals surface area (Å²) in [5.74, 6) is -0.589. The molecular weight excluding hydrogens is 586 g/mol. The van der Waals surface area contributed by atoms with Crippen molar-refractivity contribution >= 4 is 5.91 Å². The van der Waals surface area contributed by atoms with Crippen LogP contribution < -0.4 is 5.32 Å². The number of carbonyl (C=O) groups excluding carboxylic acids is 1. The number of hydrogen-bond acceptors (Lipinski definition) is 5. The first-order valence-corrected chi connectivity index (χ1v) is 20.6. The van der Waals surface area contributed by atoms with Gasteiger partial charge in [-0.3, -0.25) is 4.79 Å². The summed E-state index contributed by atoms with van der Waals surface area (Å²) in [5.41, 5.74) is 0. The Morgan fingerprint density at radius 3 is 1.23 bits per heavy atom. The second-order valence-electron chi connectivity index (χ2n) is 14.3. The summed E-state index contributed by atoms with van der Waals surface area (Å²) in [5, 5.41) is 43.5. The Morgan fingerprint density at radius 2 is 0.851 bits per heavy atom. The molecule has 0 aromatic carbocycles. The second kappa shape index (κ2) is 36.3. The largest absolute Gasteiger partial charge is 0.394 e. The SMILES string of the molecule is CCCCCCCCCCCCC/C=C\CCCCCCCCC(O)C(=O)NC(CO)C(O)C(O)CCCCCCCCCCCC. The van der Waals surface area contributed by atoms with Crippen molar-refractivity contribution in [2.24, 2.45) is 0 Å². The molecular formula is C41H81NO5. The zero-order valence-corrected chi connectivity index (χ0v) is 31.3. The first kappa shape index (κ1) is 46.0. The minimum atomic E-state index is -1.26. The molecule has 0 rings (SSSR count). The van der Waals surface area contributed by atoms with E-state index in [1.807, 2.05) is 0 Å². The summed E-state index contributed by atoms with van der Waals surface area (Å²) >= 11 is 0. The third kappa shape index (κ3) is 30.8. The summed E-state index contributed by atoms with van der Waals surface area (Å²) in [7, 11) is 0. The number of hydrogen-bond donors (Lipinski definition) is 5. The maximum absolute atomic E-state index is 12.5. The lowest BCUT2D eigenvalue weighted by Gasteiger charge is -2.27. The van der Waals surface area contributed by atoms with Crippen molar-refractivity contribution in [2.45, 2.75) is 237 Å². The predicted octanol–water partition coefficient (Wildman–Crippen LogP) is 10.2. The van der Waals surface area contributed by atoms with Gasteiger partial charge >= 0.3 is 0 Å². The molecule has 0 aromatic rings. The standard InChI is InChI=1S/C41H81NO5/c1-3-5-7-9-11-13-15-16-17-18-19-20-21-22-23-24-25-27-29-31-33-35-39(45)41(47)42-37(36-43)40(46)38(44)34-32-30-28-26-14-12-10-8-6-4-2/h21-22,37-40,43-46H,3-20,23-36H2,1-2H3,(H,42,47)/b22-21-. The molecule has 280 valence electrons. The van der Waals surface area contributed by atoms with E-state index >= 15 is 0 Å². The monoisotopic (exact) mass is 668 g/mol. The molecule has 6 nitrogen and oxygen atoms in total. The number of aliphatic hydroxyl groups excluding tert-OH is 4. The van der Waals surface area contributed by atoms with Crippen molar-refractivity contribution < 1.29 is 25.2 Å². The van der Waals surface area contributed by atoms with Gasteiger partial charge in [0.25, 0.3) is 0 Å². The Bertz CT molecular complexity index is 672. The molecule has 0 fully saturated rings. The van der Waals surface area contributed by atoms with Crippen LogP contribution in [0.3, 0.4) is 0 Å². The van der Waals surface area contributed by atoms with Crippen molar-refractivity contribution in [3.05, 3.63) is 12.2 Å². The minimum Gasteiger partial charge on any atom is -0.394 e. The van der Waals surface area contributed by atoms with Crippen LogP contribution in [0.15, 0.2) is 12.2 Å². The van der Waals surface area contributed by atoms with E-state index in [0.717, 1.165) is 44.9 Å². The van der Waals surface area contributed by atoms with Gasteiger partial charge in [-0.1, -0.05) is 187 Å². The van der Waals surface area contributed by atoms with Crippen molar-refractivity contribution in [3.63, 3.8) is 0 Å². The predicted molar refractivity (Wildman–Crippen MR) is 201 cm³/mol. The molecule has 0 spiro atoms. The first-order valence-electron chi connectivity index (χ1n) is 20.6. The Kier molecular flexibility index (Phi) is 35.6. The maximum Gasteiger partial charge on any atom is 0.249 e. The molecule has 4 unspecified atom stereocenters. The van der Waals surface area contributed by atoms with E-state index in [0.29, 0.717) is 12.8 Å². The fourth-order valence-electron chi connectivity index (χ4n) is 6.40. The summed E-state index contributed by atoms with van der Waals surface area (Å²) in [6, 6.07) is -0.982. The fourth-order valence-corrected chi connectivity index (χ4v) is 6.40. The van der Waals surface area contributed by atoms with Gasteiger partial charge in [0.2, 0.25) is 5.91 Å². The van der Waals surface area contributed by atoms with E-state index in [4.69, 9.17) is 0 Å². The highest BCUT2D eigenvalue weighted by molar-refractivity contribution is 5.80. The third-order valence-electron chi connectivity index (χ3n) is 9.73. The zero-order chi connectivity index (χ0) is 34.6. The van der Waals surface area contributed by atoms with Gasteiger partial charge in [-0.25, -0.2) is 0 Å². The van der Waals surface area contributed by atoms with Gasteiger partial charge < -0.3 is 25.7 Å². The summed E-state index contributed by atoms with van der Waals surface area (Å²) in [6.07, 6.45) is 38.1. The van der Waals surface area contributed by atoms with Crippen LogP contribution in [0.1, 0.15) is 213 Å². The number of allylic oxidation sites excluding steroid dienone is 2. The van der Waals surface area contributed by atoms with Gasteiger partial charge in [0.1, 0.15) is 12.2 Å². The van der Waals surface area contributed by atoms with Crippen LogP contribution in [-0.2, 0) is 4.79 Å². The molecule has 0 radical (unpaired) electrons. The molecule has 0 bridgehead atoms. The fraction of sp³-hybridized carbons (Fsp3) is 0.927. The molecule has 0 aliphatic carbocycles. The summed E-state index contributed by atoms with van der Waals surface area (Å²) < 4.78 is 0. The van der Waals surface area contributed by atoms with E-state index in [-0.39, 0.29) is 0 Å². The molecule has 0 saturated heterocycles. The Hall–Kier alpha value is -0.950. The smallest absolute Gasteiger partial charge is 0.249 e. The van der Waals surface area contributed by atoms with Gasteiger partial charge in [-0.15, -0.1) is 0 Å². The normalized spacial score (nSPS) is 14.4. The number of carbonyl (C=O) groups is 1. The molecule has 0 aliphatic rings. The van der Waals surface area contributed by atoms with Gasteiger partial charge in [0, 0.05) is 0 Å². The first-order chi connectivity index (χ1) is 23.0. The van der Waals surface area contributed by atoms with E-state index < -0.39 is 36.9 Å². The van der Waals surface area contributed by atoms with Crippen LogP contribution in [0.25, 0.3) is 0 Å². The molecule has 0 aromatic heterocycles. The summed E-state index contributed by atoms with van der Waals surface area (Å²) in [6.45, 7) is 4.03.